The Morgan fingerprint density at radius 3 is 2.06 bits per heavy atom. The summed E-state index contributed by atoms with van der Waals surface area (Å²) in [5, 5.41) is 12.9. The topological polar surface area (TPSA) is 338 Å². The van der Waals surface area contributed by atoms with E-state index in [0.717, 1.165) is 4.90 Å². The number of esters is 1. The number of benzene rings is 1. The summed E-state index contributed by atoms with van der Waals surface area (Å²) in [5.74, 6) is -3.10. The van der Waals surface area contributed by atoms with Gasteiger partial charge in [0.25, 0.3) is 11.8 Å². The van der Waals surface area contributed by atoms with E-state index in [0.29, 0.717) is 30.5 Å². The lowest BCUT2D eigenvalue weighted by atomic mass is 10.0. The van der Waals surface area contributed by atoms with Crippen molar-refractivity contribution in [2.45, 2.75) is 84.4 Å². The second kappa shape index (κ2) is 29.1. The summed E-state index contributed by atoms with van der Waals surface area (Å²) < 4.78 is 48.2. The monoisotopic (exact) mass is 925 g/mol. The Labute approximate surface area is 371 Å². The fraction of sp³-hybridized carbons (Fsp3) is 0.564. The average Bonchev–Trinajstić information content (AvgIpc) is 3.54. The summed E-state index contributed by atoms with van der Waals surface area (Å²) in [6, 6.07) is 3.49. The molecule has 0 spiro atoms. The molecule has 356 valence electrons. The normalized spacial score (nSPS) is 13.1. The van der Waals surface area contributed by atoms with Gasteiger partial charge in [0.2, 0.25) is 17.7 Å². The van der Waals surface area contributed by atoms with Gasteiger partial charge >= 0.3 is 34.4 Å². The van der Waals surface area contributed by atoms with Gasteiger partial charge in [-0.1, -0.05) is 32.4 Å². The number of hydrogen-bond acceptors (Lipinski definition) is 15. The molecule has 1 aliphatic heterocycles. The van der Waals surface area contributed by atoms with Crippen LogP contribution in [0.5, 0.6) is 0 Å². The Morgan fingerprint density at radius 2 is 1.41 bits per heavy atom. The zero-order valence-corrected chi connectivity index (χ0v) is 36.9. The van der Waals surface area contributed by atoms with Crippen LogP contribution in [-0.2, 0) is 64.5 Å². The van der Waals surface area contributed by atoms with Crippen molar-refractivity contribution in [2.75, 3.05) is 57.9 Å². The van der Waals surface area contributed by atoms with Crippen LogP contribution in [0.15, 0.2) is 36.4 Å². The lowest BCUT2D eigenvalue weighted by Gasteiger charge is -2.25. The molecule has 0 radical (unpaired) electrons. The SMILES string of the molecule is CC(=O)OCc1ccc(NC(=O)[C@H](CCCNC(N)=O)NC(=O)[C@@H](NC(=O)OCCOCCNS(=O)(=O)NC(=O)OCCCNC(=O)CCCCCN2C(=O)C=CC2=O)C(C)C)cc1. The van der Waals surface area contributed by atoms with E-state index in [1.54, 1.807) is 42.8 Å². The smallest absolute Gasteiger partial charge is 0.421 e. The number of amides is 9. The zero-order chi connectivity index (χ0) is 47.5. The highest BCUT2D eigenvalue weighted by molar-refractivity contribution is 7.88. The standard InChI is InChI=1S/C39H59N9O15S/c1-26(2)34(36(54)45-30(9-7-17-42-37(40)55)35(53)44-29-13-11-28(12-14-29)25-63-27(3)49)46-38(56)62-24-23-60-22-19-43-64(58,59)47-39(57)61-21-8-18-41-31(50)10-5-4-6-20-48-32(51)15-16-33(48)52/h11-16,26,30,34,43H,4-10,17-25H2,1-3H3,(H,41,50)(H,44,53)(H,45,54)(H,46,56)(H,47,57)(H3,40,42,55)/t30-,34-/m0/s1. The van der Waals surface area contributed by atoms with E-state index in [1.807, 2.05) is 0 Å². The van der Waals surface area contributed by atoms with Gasteiger partial charge in [0.15, 0.2) is 0 Å². The number of alkyl carbamates (subject to hydrolysis) is 1. The third-order valence-corrected chi connectivity index (χ3v) is 9.79. The second-order valence-electron chi connectivity index (χ2n) is 14.4. The van der Waals surface area contributed by atoms with E-state index < -0.39 is 64.2 Å². The summed E-state index contributed by atoms with van der Waals surface area (Å²) in [6.45, 7) is 4.18. The minimum absolute atomic E-state index is 0.0490. The summed E-state index contributed by atoms with van der Waals surface area (Å²) in [7, 11) is -4.31. The number of nitrogens with one attached hydrogen (secondary N) is 7. The summed E-state index contributed by atoms with van der Waals surface area (Å²) >= 11 is 0. The third kappa shape index (κ3) is 23.2. The van der Waals surface area contributed by atoms with Gasteiger partial charge in [-0.2, -0.15) is 13.1 Å². The molecule has 24 nitrogen and oxygen atoms in total. The van der Waals surface area contributed by atoms with Gasteiger partial charge in [0.1, 0.15) is 25.3 Å². The van der Waals surface area contributed by atoms with Crippen molar-refractivity contribution in [2.24, 2.45) is 11.7 Å². The molecule has 0 saturated carbocycles. The van der Waals surface area contributed by atoms with Crippen LogP contribution in [0.1, 0.15) is 71.3 Å². The van der Waals surface area contributed by atoms with E-state index in [4.69, 9.17) is 24.7 Å². The second-order valence-corrected chi connectivity index (χ2v) is 15.9. The van der Waals surface area contributed by atoms with Gasteiger partial charge in [0, 0.05) is 57.4 Å². The van der Waals surface area contributed by atoms with Gasteiger partial charge in [-0.05, 0) is 55.7 Å². The minimum Gasteiger partial charge on any atom is -0.461 e. The third-order valence-electron chi connectivity index (χ3n) is 8.77. The summed E-state index contributed by atoms with van der Waals surface area (Å²) in [4.78, 5) is 109. The lowest BCUT2D eigenvalue weighted by Crippen LogP contribution is -2.54. The number of carbonyl (C=O) groups is 9. The van der Waals surface area contributed by atoms with Gasteiger partial charge in [-0.15, -0.1) is 0 Å². The van der Waals surface area contributed by atoms with Crippen LogP contribution in [0.3, 0.4) is 0 Å². The molecular formula is C39H59N9O15S. The molecule has 1 aliphatic rings. The van der Waals surface area contributed by atoms with Gasteiger partial charge in [0.05, 0.1) is 19.8 Å². The molecular weight excluding hydrogens is 867 g/mol. The van der Waals surface area contributed by atoms with E-state index >= 15 is 0 Å². The predicted molar refractivity (Wildman–Crippen MR) is 227 cm³/mol. The van der Waals surface area contributed by atoms with Crippen LogP contribution in [0, 0.1) is 5.92 Å². The Bertz CT molecular complexity index is 1880. The maximum Gasteiger partial charge on any atom is 0.421 e. The maximum absolute atomic E-state index is 13.3. The molecule has 1 heterocycles. The highest BCUT2D eigenvalue weighted by atomic mass is 32.2. The van der Waals surface area contributed by atoms with Gasteiger partial charge in [-0.25, -0.2) is 19.1 Å². The molecule has 0 bridgehead atoms. The number of carbonyl (C=O) groups excluding carboxylic acids is 9. The van der Waals surface area contributed by atoms with Gasteiger partial charge in [-0.3, -0.25) is 33.7 Å². The van der Waals surface area contributed by atoms with E-state index in [1.165, 1.54) is 19.1 Å². The number of rotatable bonds is 30. The number of ether oxygens (including phenoxy) is 4. The van der Waals surface area contributed by atoms with E-state index in [9.17, 15) is 51.6 Å². The van der Waals surface area contributed by atoms with Crippen molar-refractivity contribution in [3.8, 4) is 0 Å². The zero-order valence-electron chi connectivity index (χ0n) is 36.1. The number of unbranched alkanes of at least 4 members (excludes halogenated alkanes) is 2. The lowest BCUT2D eigenvalue weighted by molar-refractivity contribution is -0.142. The van der Waals surface area contributed by atoms with Crippen LogP contribution in [0.2, 0.25) is 0 Å². The first-order valence-corrected chi connectivity index (χ1v) is 22.0. The number of primary amides is 1. The van der Waals surface area contributed by atoms with E-state index in [-0.39, 0.29) is 103 Å². The van der Waals surface area contributed by atoms with Crippen LogP contribution in [-0.4, -0.2) is 132 Å². The number of imide groups is 1. The molecule has 9 N–H and O–H groups in total. The van der Waals surface area contributed by atoms with Crippen molar-refractivity contribution in [3.63, 3.8) is 0 Å². The summed E-state index contributed by atoms with van der Waals surface area (Å²) in [5.41, 5.74) is 6.20. The Hall–Kier alpha value is -6.34. The fourth-order valence-corrected chi connectivity index (χ4v) is 6.21. The van der Waals surface area contributed by atoms with Crippen molar-refractivity contribution in [3.05, 3.63) is 42.0 Å². The first kappa shape index (κ1) is 53.8. The molecule has 0 unspecified atom stereocenters. The van der Waals surface area contributed by atoms with Crippen molar-refractivity contribution < 1.29 is 70.5 Å². The predicted octanol–water partition coefficient (Wildman–Crippen LogP) is -0.0588. The van der Waals surface area contributed by atoms with Crippen LogP contribution in [0.4, 0.5) is 20.1 Å². The molecule has 1 aromatic rings. The number of hydrogen-bond donors (Lipinski definition) is 8. The van der Waals surface area contributed by atoms with Gasteiger partial charge < -0.3 is 51.3 Å². The molecule has 0 aliphatic carbocycles. The Kier molecular flexibility index (Phi) is 24.5. The molecule has 2 rings (SSSR count). The quantitative estimate of drug-likeness (QED) is 0.0217. The summed E-state index contributed by atoms with van der Waals surface area (Å²) in [6.07, 6.45) is 2.77. The highest BCUT2D eigenvalue weighted by Crippen LogP contribution is 2.13. The van der Waals surface area contributed by atoms with Crippen LogP contribution >= 0.6 is 0 Å². The van der Waals surface area contributed by atoms with Crippen LogP contribution in [0.25, 0.3) is 0 Å². The van der Waals surface area contributed by atoms with Crippen LogP contribution < -0.4 is 41.8 Å². The van der Waals surface area contributed by atoms with Crippen molar-refractivity contribution in [1.82, 2.24) is 35.6 Å². The first-order valence-electron chi connectivity index (χ1n) is 20.5. The molecule has 2 atom stereocenters. The first-order chi connectivity index (χ1) is 30.4. The Balaban J connectivity index is 1.65. The molecule has 0 fully saturated rings. The largest absolute Gasteiger partial charge is 0.461 e. The number of urea groups is 1. The number of nitrogens with two attached hydrogens (primary N) is 1. The van der Waals surface area contributed by atoms with Crippen molar-refractivity contribution >= 4 is 69.6 Å². The molecule has 0 saturated heterocycles. The average molecular weight is 926 g/mol. The van der Waals surface area contributed by atoms with E-state index in [2.05, 4.69) is 31.3 Å². The molecule has 9 amide bonds. The number of nitrogens with zero attached hydrogens (tertiary/aromatic N) is 1. The molecule has 0 aromatic heterocycles. The maximum atomic E-state index is 13.3. The number of anilines is 1. The molecule has 1 aromatic carbocycles. The molecule has 25 heteroatoms. The fourth-order valence-electron chi connectivity index (χ4n) is 5.51. The highest BCUT2D eigenvalue weighted by Gasteiger charge is 2.29. The molecule has 64 heavy (non-hydrogen) atoms. The van der Waals surface area contributed by atoms with Crippen molar-refractivity contribution in [1.29, 1.82) is 0 Å². The minimum atomic E-state index is -4.31. The Morgan fingerprint density at radius 1 is 0.734 bits per heavy atom.